The number of ether oxygens (including phenoxy) is 4. The molecule has 2 rings (SSSR count). The summed E-state index contributed by atoms with van der Waals surface area (Å²) in [7, 11) is 0. The summed E-state index contributed by atoms with van der Waals surface area (Å²) in [4.78, 5) is 0. The molecule has 6 heteroatoms. The Morgan fingerprint density at radius 3 is 1.16 bits per heavy atom. The van der Waals surface area contributed by atoms with Gasteiger partial charge in [0.15, 0.2) is 0 Å². The van der Waals surface area contributed by atoms with Crippen LogP contribution in [0.4, 0.5) is 0 Å². The first-order chi connectivity index (χ1) is 31.5. The van der Waals surface area contributed by atoms with E-state index in [1.165, 1.54) is 161 Å². The summed E-state index contributed by atoms with van der Waals surface area (Å²) in [6, 6.07) is 14.5. The maximum Gasteiger partial charge on any atom is 0.128 e. The van der Waals surface area contributed by atoms with Crippen molar-refractivity contribution in [2.75, 3.05) is 26.4 Å². The number of allylic oxidation sites excluding steroid dienone is 2. The third kappa shape index (κ3) is 26.2. The molecule has 0 aliphatic rings. The highest BCUT2D eigenvalue weighted by molar-refractivity contribution is 5.94. The van der Waals surface area contributed by atoms with E-state index in [9.17, 15) is 10.5 Å². The second kappa shape index (κ2) is 39.5. The summed E-state index contributed by atoms with van der Waals surface area (Å²) < 4.78 is 25.7. The lowest BCUT2D eigenvalue weighted by molar-refractivity contribution is 0.295. The van der Waals surface area contributed by atoms with E-state index in [0.717, 1.165) is 62.0 Å². The van der Waals surface area contributed by atoms with E-state index in [2.05, 4.69) is 46.4 Å². The molecule has 0 saturated carbocycles. The fraction of sp³-hybridized carbons (Fsp3) is 0.690. The first-order valence-corrected chi connectivity index (χ1v) is 26.6. The highest BCUT2D eigenvalue weighted by atomic mass is 16.5. The first kappa shape index (κ1) is 56.2. The molecule has 0 N–H and O–H groups in total. The Kier molecular flexibility index (Phi) is 34.7. The Hall–Kier alpha value is -3.90. The Balaban J connectivity index is 2.36. The molecule has 0 bridgehead atoms. The van der Waals surface area contributed by atoms with Gasteiger partial charge in [0.1, 0.15) is 23.0 Å². The predicted molar refractivity (Wildman–Crippen MR) is 273 cm³/mol. The lowest BCUT2D eigenvalue weighted by atomic mass is 9.97. The highest BCUT2D eigenvalue weighted by Crippen LogP contribution is 2.39. The molecule has 0 aliphatic carbocycles. The van der Waals surface area contributed by atoms with Gasteiger partial charge in [0.05, 0.1) is 49.7 Å². The van der Waals surface area contributed by atoms with Gasteiger partial charge in [-0.1, -0.05) is 214 Å². The largest absolute Gasteiger partial charge is 0.494 e. The van der Waals surface area contributed by atoms with Gasteiger partial charge < -0.3 is 18.9 Å². The zero-order valence-corrected chi connectivity index (χ0v) is 41.7. The van der Waals surface area contributed by atoms with Crippen LogP contribution < -0.4 is 18.9 Å². The number of nitrogens with zero attached hydrogens (tertiary/aromatic N) is 2. The smallest absolute Gasteiger partial charge is 0.128 e. The summed E-state index contributed by atoms with van der Waals surface area (Å²) in [6.07, 6.45) is 41.1. The molecule has 6 nitrogen and oxygen atoms in total. The van der Waals surface area contributed by atoms with E-state index >= 15 is 0 Å². The van der Waals surface area contributed by atoms with Gasteiger partial charge in [-0.2, -0.15) is 10.5 Å². The maximum atomic E-state index is 10.9. The van der Waals surface area contributed by atoms with Crippen molar-refractivity contribution in [1.82, 2.24) is 0 Å². The Morgan fingerprint density at radius 2 is 0.766 bits per heavy atom. The predicted octanol–water partition coefficient (Wildman–Crippen LogP) is 18.4. The van der Waals surface area contributed by atoms with Gasteiger partial charge in [-0.3, -0.25) is 0 Å². The van der Waals surface area contributed by atoms with E-state index in [4.69, 9.17) is 18.9 Å². The number of nitriles is 2. The molecule has 0 spiro atoms. The lowest BCUT2D eigenvalue weighted by Crippen LogP contribution is -2.05. The lowest BCUT2D eigenvalue weighted by Gasteiger charge is -2.18. The molecule has 0 aromatic heterocycles. The van der Waals surface area contributed by atoms with Crippen LogP contribution in [0.5, 0.6) is 23.0 Å². The number of benzene rings is 2. The van der Waals surface area contributed by atoms with Crippen LogP contribution in [-0.4, -0.2) is 26.4 Å². The van der Waals surface area contributed by atoms with Crippen molar-refractivity contribution >= 4 is 17.2 Å². The van der Waals surface area contributed by atoms with Crippen molar-refractivity contribution in [1.29, 1.82) is 10.5 Å². The minimum atomic E-state index is 0.311. The molecule has 2 aromatic carbocycles. The van der Waals surface area contributed by atoms with Crippen molar-refractivity contribution in [2.24, 2.45) is 0 Å². The van der Waals surface area contributed by atoms with Crippen molar-refractivity contribution in [2.45, 2.75) is 233 Å². The Bertz CT molecular complexity index is 1600. The molecule has 64 heavy (non-hydrogen) atoms. The average Bonchev–Trinajstić information content (AvgIpc) is 3.31. The number of hydrogen-bond donors (Lipinski definition) is 0. The summed E-state index contributed by atoms with van der Waals surface area (Å²) >= 11 is 0. The molecule has 0 radical (unpaired) electrons. The van der Waals surface area contributed by atoms with Crippen molar-refractivity contribution < 1.29 is 18.9 Å². The number of hydrogen-bond acceptors (Lipinski definition) is 6. The Morgan fingerprint density at radius 1 is 0.422 bits per heavy atom. The fourth-order valence-corrected chi connectivity index (χ4v) is 8.17. The zero-order valence-electron chi connectivity index (χ0n) is 41.7. The van der Waals surface area contributed by atoms with Crippen LogP contribution >= 0.6 is 0 Å². The van der Waals surface area contributed by atoms with E-state index in [1.54, 1.807) is 0 Å². The van der Waals surface area contributed by atoms with Crippen LogP contribution in [0.2, 0.25) is 0 Å². The zero-order chi connectivity index (χ0) is 46.1. The first-order valence-electron chi connectivity index (χ1n) is 26.6. The molecule has 0 amide bonds. The Labute approximate surface area is 393 Å². The summed E-state index contributed by atoms with van der Waals surface area (Å²) in [6.45, 7) is 15.4. The summed E-state index contributed by atoms with van der Waals surface area (Å²) in [5.41, 5.74) is 2.79. The molecule has 0 saturated heterocycles. The molecule has 0 fully saturated rings. The monoisotopic (exact) mass is 881 g/mol. The van der Waals surface area contributed by atoms with Gasteiger partial charge in [-0.25, -0.2) is 0 Å². The maximum absolute atomic E-state index is 10.9. The van der Waals surface area contributed by atoms with Gasteiger partial charge in [-0.15, -0.1) is 0 Å². The second-order valence-electron chi connectivity index (χ2n) is 18.1. The second-order valence-corrected chi connectivity index (χ2v) is 18.1. The molecule has 358 valence electrons. The van der Waals surface area contributed by atoms with Crippen LogP contribution in [0, 0.1) is 22.7 Å². The van der Waals surface area contributed by atoms with Crippen molar-refractivity contribution in [3.63, 3.8) is 0 Å². The van der Waals surface area contributed by atoms with E-state index in [-0.39, 0.29) is 0 Å². The highest BCUT2D eigenvalue weighted by Gasteiger charge is 2.19. The quantitative estimate of drug-likeness (QED) is 0.0375. The minimum Gasteiger partial charge on any atom is -0.494 e. The average molecular weight is 881 g/mol. The summed E-state index contributed by atoms with van der Waals surface area (Å²) in [5, 5.41) is 20.9. The van der Waals surface area contributed by atoms with Crippen LogP contribution in [-0.2, 0) is 0 Å². The summed E-state index contributed by atoms with van der Waals surface area (Å²) in [5.74, 6) is 2.61. The number of rotatable bonds is 43. The molecule has 0 unspecified atom stereocenters. The minimum absolute atomic E-state index is 0.311. The van der Waals surface area contributed by atoms with Gasteiger partial charge >= 0.3 is 0 Å². The van der Waals surface area contributed by atoms with Crippen molar-refractivity contribution in [3.05, 3.63) is 53.6 Å². The molecular formula is C58H92N2O4. The molecule has 0 aliphatic heterocycles. The molecule has 0 heterocycles. The van der Waals surface area contributed by atoms with E-state index in [1.807, 2.05) is 36.4 Å². The van der Waals surface area contributed by atoms with Crippen LogP contribution in [0.1, 0.15) is 250 Å². The van der Waals surface area contributed by atoms with Gasteiger partial charge in [0.25, 0.3) is 0 Å². The van der Waals surface area contributed by atoms with Crippen LogP contribution in [0.25, 0.3) is 17.2 Å². The van der Waals surface area contributed by atoms with Crippen LogP contribution in [0.3, 0.4) is 0 Å². The van der Waals surface area contributed by atoms with E-state index in [0.29, 0.717) is 60.2 Å². The van der Waals surface area contributed by atoms with Crippen molar-refractivity contribution in [3.8, 4) is 35.1 Å². The molecular weight excluding hydrogens is 789 g/mol. The van der Waals surface area contributed by atoms with Gasteiger partial charge in [0, 0.05) is 16.7 Å². The fourth-order valence-electron chi connectivity index (χ4n) is 8.17. The van der Waals surface area contributed by atoms with Gasteiger partial charge in [0.2, 0.25) is 0 Å². The molecule has 0 atom stereocenters. The van der Waals surface area contributed by atoms with Gasteiger partial charge in [-0.05, 0) is 62.1 Å². The number of unbranched alkanes of at least 4 members (excludes halogenated alkanes) is 28. The van der Waals surface area contributed by atoms with Crippen LogP contribution in [0.15, 0.2) is 36.9 Å². The third-order valence-electron chi connectivity index (χ3n) is 12.3. The molecule has 2 aromatic rings. The normalized spacial score (nSPS) is 11.3. The van der Waals surface area contributed by atoms with E-state index < -0.39 is 0 Å². The topological polar surface area (TPSA) is 84.5 Å². The standard InChI is InChI=1S/C58H92N2O4/c1-6-10-14-18-22-24-26-28-32-34-40-61-53-38-39-56(62-41-35-33-29-27-25-23-19-15-11-7-2)51(45-53)44-52(49-60)55-47-57(63-42-36-30-20-16-12-8-3)54(50(5)48-59)46-58(55)64-43-37-31-21-17-13-9-4/h38-39,44-47H,5-37,40-43H2,1-4H3/b52-44+. The third-order valence-corrected chi connectivity index (χ3v) is 12.3. The SMILES string of the molecule is C=C(C#N)c1cc(OCCCCCCCC)c(/C(C#N)=C/c2cc(OCCCCCCCCCCCC)ccc2OCCCCCCCCCCCC)cc1OCCCCCCCC.